The minimum atomic E-state index is -1.22. The first-order valence-electron chi connectivity index (χ1n) is 4.00. The highest BCUT2D eigenvalue weighted by atomic mass is 35.5. The SMILES string of the molecule is O=C(O)c1noc(-c2ccc(Cl)cc2)n1. The number of hydrogen-bond acceptors (Lipinski definition) is 4. The highest BCUT2D eigenvalue weighted by molar-refractivity contribution is 6.30. The maximum absolute atomic E-state index is 10.5. The summed E-state index contributed by atoms with van der Waals surface area (Å²) in [7, 11) is 0. The molecule has 0 saturated heterocycles. The molecule has 5 nitrogen and oxygen atoms in total. The third kappa shape index (κ3) is 1.97. The number of rotatable bonds is 2. The molecule has 1 N–H and O–H groups in total. The van der Waals surface area contributed by atoms with Crippen molar-refractivity contribution in [3.8, 4) is 11.5 Å². The Hall–Kier alpha value is -1.88. The van der Waals surface area contributed by atoms with Crippen LogP contribution in [0, 0.1) is 0 Å². The van der Waals surface area contributed by atoms with Crippen LogP contribution in [0.15, 0.2) is 28.8 Å². The second-order valence-electron chi connectivity index (χ2n) is 2.74. The summed E-state index contributed by atoms with van der Waals surface area (Å²) in [5.41, 5.74) is 0.624. The molecular weight excluding hydrogens is 220 g/mol. The Morgan fingerprint density at radius 1 is 1.33 bits per heavy atom. The molecule has 0 amide bonds. The number of aromatic carboxylic acids is 1. The second-order valence-corrected chi connectivity index (χ2v) is 3.17. The van der Waals surface area contributed by atoms with E-state index in [0.717, 1.165) is 0 Å². The van der Waals surface area contributed by atoms with Crippen molar-refractivity contribution < 1.29 is 14.4 Å². The summed E-state index contributed by atoms with van der Waals surface area (Å²) in [5.74, 6) is -1.43. The molecule has 1 aromatic heterocycles. The van der Waals surface area contributed by atoms with Gasteiger partial charge >= 0.3 is 5.97 Å². The van der Waals surface area contributed by atoms with Crippen molar-refractivity contribution in [3.05, 3.63) is 35.1 Å². The van der Waals surface area contributed by atoms with Crippen molar-refractivity contribution in [2.24, 2.45) is 0 Å². The molecular formula is C9H5ClN2O3. The van der Waals surface area contributed by atoms with Crippen molar-refractivity contribution in [2.75, 3.05) is 0 Å². The summed E-state index contributed by atoms with van der Waals surface area (Å²) in [6, 6.07) is 6.64. The zero-order valence-corrected chi connectivity index (χ0v) is 8.10. The Kier molecular flexibility index (Phi) is 2.39. The van der Waals surface area contributed by atoms with E-state index in [1.54, 1.807) is 24.3 Å². The number of hydrogen-bond donors (Lipinski definition) is 1. The van der Waals surface area contributed by atoms with Gasteiger partial charge < -0.3 is 9.63 Å². The largest absolute Gasteiger partial charge is 0.475 e. The Morgan fingerprint density at radius 3 is 2.53 bits per heavy atom. The molecule has 0 saturated carbocycles. The van der Waals surface area contributed by atoms with E-state index in [4.69, 9.17) is 21.2 Å². The number of carboxylic acids is 1. The average molecular weight is 225 g/mol. The van der Waals surface area contributed by atoms with Crippen LogP contribution in [-0.4, -0.2) is 21.2 Å². The lowest BCUT2D eigenvalue weighted by atomic mass is 10.2. The highest BCUT2D eigenvalue weighted by Crippen LogP contribution is 2.19. The Balaban J connectivity index is 2.37. The lowest BCUT2D eigenvalue weighted by Crippen LogP contribution is -1.98. The third-order valence-corrected chi connectivity index (χ3v) is 1.96. The monoisotopic (exact) mass is 224 g/mol. The van der Waals surface area contributed by atoms with Gasteiger partial charge in [0.2, 0.25) is 0 Å². The van der Waals surface area contributed by atoms with Crippen molar-refractivity contribution in [1.82, 2.24) is 10.1 Å². The van der Waals surface area contributed by atoms with E-state index in [2.05, 4.69) is 10.1 Å². The van der Waals surface area contributed by atoms with E-state index >= 15 is 0 Å². The summed E-state index contributed by atoms with van der Waals surface area (Å²) in [5, 5.41) is 12.5. The fraction of sp³-hybridized carbons (Fsp3) is 0. The summed E-state index contributed by atoms with van der Waals surface area (Å²) in [6.07, 6.45) is 0. The van der Waals surface area contributed by atoms with E-state index in [1.807, 2.05) is 0 Å². The van der Waals surface area contributed by atoms with E-state index < -0.39 is 5.97 Å². The standard InChI is InChI=1S/C9H5ClN2O3/c10-6-3-1-5(2-4-6)8-11-7(9(13)14)12-15-8/h1-4H,(H,13,14). The van der Waals surface area contributed by atoms with E-state index in [1.165, 1.54) is 0 Å². The lowest BCUT2D eigenvalue weighted by molar-refractivity contribution is 0.0680. The number of carbonyl (C=O) groups is 1. The molecule has 0 aliphatic heterocycles. The Labute approximate surface area is 89.3 Å². The molecule has 0 atom stereocenters. The van der Waals surface area contributed by atoms with Crippen molar-refractivity contribution in [1.29, 1.82) is 0 Å². The van der Waals surface area contributed by atoms with Crippen LogP contribution in [0.4, 0.5) is 0 Å². The molecule has 1 heterocycles. The van der Waals surface area contributed by atoms with Gasteiger partial charge in [0.05, 0.1) is 0 Å². The maximum atomic E-state index is 10.5. The molecule has 0 bridgehead atoms. The van der Waals surface area contributed by atoms with Crippen molar-refractivity contribution in [2.45, 2.75) is 0 Å². The third-order valence-electron chi connectivity index (χ3n) is 1.71. The normalized spacial score (nSPS) is 10.2. The molecule has 0 unspecified atom stereocenters. The van der Waals surface area contributed by atoms with Gasteiger partial charge in [-0.15, -0.1) is 0 Å². The van der Waals surface area contributed by atoms with Crippen LogP contribution in [0.2, 0.25) is 5.02 Å². The molecule has 2 aromatic rings. The van der Waals surface area contributed by atoms with Gasteiger partial charge in [-0.05, 0) is 29.4 Å². The number of nitrogens with zero attached hydrogens (tertiary/aromatic N) is 2. The van der Waals surface area contributed by atoms with Crippen LogP contribution < -0.4 is 0 Å². The molecule has 76 valence electrons. The van der Waals surface area contributed by atoms with Gasteiger partial charge in [0, 0.05) is 10.6 Å². The minimum Gasteiger partial charge on any atom is -0.475 e. The smallest absolute Gasteiger partial charge is 0.377 e. The second kappa shape index (κ2) is 3.70. The first-order chi connectivity index (χ1) is 7.16. The molecule has 2 rings (SSSR count). The summed E-state index contributed by atoms with van der Waals surface area (Å²) < 4.78 is 4.77. The zero-order valence-electron chi connectivity index (χ0n) is 7.35. The van der Waals surface area contributed by atoms with Crippen molar-refractivity contribution in [3.63, 3.8) is 0 Å². The van der Waals surface area contributed by atoms with E-state index in [-0.39, 0.29) is 11.7 Å². The molecule has 1 aromatic carbocycles. The molecule has 0 spiro atoms. The predicted octanol–water partition coefficient (Wildman–Crippen LogP) is 2.09. The summed E-state index contributed by atoms with van der Waals surface area (Å²) in [4.78, 5) is 14.2. The fourth-order valence-corrected chi connectivity index (χ4v) is 1.15. The van der Waals surface area contributed by atoms with Crippen molar-refractivity contribution >= 4 is 17.6 Å². The molecule has 0 aliphatic carbocycles. The highest BCUT2D eigenvalue weighted by Gasteiger charge is 2.13. The summed E-state index contributed by atoms with van der Waals surface area (Å²) >= 11 is 5.69. The first kappa shape index (κ1) is 9.67. The molecule has 15 heavy (non-hydrogen) atoms. The van der Waals surface area contributed by atoms with Gasteiger partial charge in [0.25, 0.3) is 11.7 Å². The lowest BCUT2D eigenvalue weighted by Gasteiger charge is -1.92. The first-order valence-corrected chi connectivity index (χ1v) is 4.37. The molecule has 0 fully saturated rings. The molecule has 0 aliphatic rings. The minimum absolute atomic E-state index is 0.157. The zero-order chi connectivity index (χ0) is 10.8. The van der Waals surface area contributed by atoms with Crippen LogP contribution >= 0.6 is 11.6 Å². The Bertz CT molecular complexity index is 492. The number of carboxylic acid groups (broad SMARTS) is 1. The molecule has 0 radical (unpaired) electrons. The van der Waals surface area contributed by atoms with E-state index in [0.29, 0.717) is 10.6 Å². The van der Waals surface area contributed by atoms with Gasteiger partial charge in [0.15, 0.2) is 0 Å². The van der Waals surface area contributed by atoms with E-state index in [9.17, 15) is 4.79 Å². The van der Waals surface area contributed by atoms with Crippen LogP contribution in [0.25, 0.3) is 11.5 Å². The predicted molar refractivity (Wildman–Crippen MR) is 51.7 cm³/mol. The number of benzene rings is 1. The average Bonchev–Trinajstić information content (AvgIpc) is 2.68. The van der Waals surface area contributed by atoms with Crippen LogP contribution in [0.5, 0.6) is 0 Å². The van der Waals surface area contributed by atoms with Gasteiger partial charge in [0.1, 0.15) is 0 Å². The fourth-order valence-electron chi connectivity index (χ4n) is 1.02. The summed E-state index contributed by atoms with van der Waals surface area (Å²) in [6.45, 7) is 0. The molecule has 6 heteroatoms. The van der Waals surface area contributed by atoms with Gasteiger partial charge in [-0.1, -0.05) is 11.6 Å². The van der Waals surface area contributed by atoms with Crippen LogP contribution in [-0.2, 0) is 0 Å². The quantitative estimate of drug-likeness (QED) is 0.845. The number of aromatic nitrogens is 2. The van der Waals surface area contributed by atoms with Gasteiger partial charge in [-0.2, -0.15) is 4.98 Å². The topological polar surface area (TPSA) is 76.2 Å². The maximum Gasteiger partial charge on any atom is 0.377 e. The van der Waals surface area contributed by atoms with Crippen LogP contribution in [0.1, 0.15) is 10.6 Å². The van der Waals surface area contributed by atoms with Crippen LogP contribution in [0.3, 0.4) is 0 Å². The van der Waals surface area contributed by atoms with Gasteiger partial charge in [-0.25, -0.2) is 4.79 Å². The van der Waals surface area contributed by atoms with Gasteiger partial charge in [-0.3, -0.25) is 0 Å². The Morgan fingerprint density at radius 2 is 2.00 bits per heavy atom. The number of halogens is 1.